The number of nitrogens with one attached hydrogen (secondary N) is 1. The van der Waals surface area contributed by atoms with E-state index in [0.29, 0.717) is 28.3 Å². The third-order valence-corrected chi connectivity index (χ3v) is 5.00. The molecule has 0 unspecified atom stereocenters. The van der Waals surface area contributed by atoms with Crippen molar-refractivity contribution in [3.8, 4) is 5.75 Å². The molecule has 0 aliphatic rings. The largest absolute Gasteiger partial charge is 0.496 e. The van der Waals surface area contributed by atoms with Crippen LogP contribution < -0.4 is 10.1 Å². The molecular formula is C18H17BrN4O2S. The standard InChI is InChI=1S/C18H17BrN4O2S/c1-3-23-18(21-17(19)22-23)26-15-11-7-5-9-13(15)20-16(24)12-8-4-6-10-14(12)25-2/h4-11H,3H2,1-2H3,(H,20,24). The Hall–Kier alpha value is -2.32. The van der Waals surface area contributed by atoms with Crippen molar-refractivity contribution in [2.24, 2.45) is 0 Å². The Morgan fingerprint density at radius 2 is 1.96 bits per heavy atom. The molecule has 1 heterocycles. The lowest BCUT2D eigenvalue weighted by Gasteiger charge is -2.12. The van der Waals surface area contributed by atoms with Crippen LogP contribution in [0.25, 0.3) is 0 Å². The number of hydrogen-bond acceptors (Lipinski definition) is 5. The van der Waals surface area contributed by atoms with Crippen molar-refractivity contribution in [2.75, 3.05) is 12.4 Å². The highest BCUT2D eigenvalue weighted by Crippen LogP contribution is 2.33. The lowest BCUT2D eigenvalue weighted by Crippen LogP contribution is -2.13. The van der Waals surface area contributed by atoms with Gasteiger partial charge in [0.05, 0.1) is 18.4 Å². The van der Waals surface area contributed by atoms with Crippen molar-refractivity contribution >= 4 is 39.3 Å². The highest BCUT2D eigenvalue weighted by molar-refractivity contribution is 9.10. The van der Waals surface area contributed by atoms with E-state index in [0.717, 1.165) is 10.1 Å². The van der Waals surface area contributed by atoms with Crippen molar-refractivity contribution in [1.29, 1.82) is 0 Å². The van der Waals surface area contributed by atoms with Crippen LogP contribution in [-0.4, -0.2) is 27.8 Å². The van der Waals surface area contributed by atoms with Gasteiger partial charge in [-0.05, 0) is 58.9 Å². The number of carbonyl (C=O) groups is 1. The Labute approximate surface area is 164 Å². The van der Waals surface area contributed by atoms with Crippen molar-refractivity contribution in [1.82, 2.24) is 14.8 Å². The van der Waals surface area contributed by atoms with E-state index in [4.69, 9.17) is 4.74 Å². The second-order valence-corrected chi connectivity index (χ2v) is 6.95. The van der Waals surface area contributed by atoms with Gasteiger partial charge < -0.3 is 10.1 Å². The summed E-state index contributed by atoms with van der Waals surface area (Å²) in [5.41, 5.74) is 1.18. The third kappa shape index (κ3) is 4.08. The van der Waals surface area contributed by atoms with Gasteiger partial charge in [0.2, 0.25) is 4.73 Å². The normalized spacial score (nSPS) is 10.6. The maximum atomic E-state index is 12.7. The molecule has 8 heteroatoms. The van der Waals surface area contributed by atoms with E-state index >= 15 is 0 Å². The molecular weight excluding hydrogens is 416 g/mol. The molecule has 0 atom stereocenters. The van der Waals surface area contributed by atoms with Gasteiger partial charge in [-0.15, -0.1) is 5.10 Å². The lowest BCUT2D eigenvalue weighted by atomic mass is 10.2. The molecule has 3 rings (SSSR count). The van der Waals surface area contributed by atoms with Crippen LogP contribution >= 0.6 is 27.7 Å². The first-order valence-corrected chi connectivity index (χ1v) is 9.55. The highest BCUT2D eigenvalue weighted by Gasteiger charge is 2.15. The number of aromatic nitrogens is 3. The number of rotatable bonds is 6. The number of nitrogens with zero attached hydrogens (tertiary/aromatic N) is 3. The molecule has 0 aliphatic carbocycles. The van der Waals surface area contributed by atoms with E-state index in [1.54, 1.807) is 30.0 Å². The first kappa shape index (κ1) is 18.5. The molecule has 0 saturated heterocycles. The van der Waals surface area contributed by atoms with Crippen molar-refractivity contribution in [2.45, 2.75) is 23.5 Å². The molecule has 26 heavy (non-hydrogen) atoms. The van der Waals surface area contributed by atoms with Crippen LogP contribution in [0.1, 0.15) is 17.3 Å². The summed E-state index contributed by atoms with van der Waals surface area (Å²) in [5.74, 6) is 0.304. The van der Waals surface area contributed by atoms with Gasteiger partial charge in [0.15, 0.2) is 5.16 Å². The van der Waals surface area contributed by atoms with E-state index < -0.39 is 0 Å². The molecule has 0 saturated carbocycles. The quantitative estimate of drug-likeness (QED) is 0.621. The minimum Gasteiger partial charge on any atom is -0.496 e. The number of carbonyl (C=O) groups excluding carboxylic acids is 1. The Morgan fingerprint density at radius 3 is 2.73 bits per heavy atom. The van der Waals surface area contributed by atoms with Crippen LogP contribution in [0, 0.1) is 0 Å². The van der Waals surface area contributed by atoms with Gasteiger partial charge in [-0.3, -0.25) is 4.79 Å². The van der Waals surface area contributed by atoms with Crippen LogP contribution in [-0.2, 0) is 6.54 Å². The van der Waals surface area contributed by atoms with Crippen LogP contribution in [0.15, 0.2) is 63.3 Å². The minimum atomic E-state index is -0.228. The van der Waals surface area contributed by atoms with Crippen LogP contribution in [0.2, 0.25) is 0 Å². The summed E-state index contributed by atoms with van der Waals surface area (Å²) in [6.45, 7) is 2.71. The number of para-hydroxylation sites is 2. The summed E-state index contributed by atoms with van der Waals surface area (Å²) in [4.78, 5) is 17.9. The molecule has 0 spiro atoms. The van der Waals surface area contributed by atoms with Gasteiger partial charge >= 0.3 is 0 Å². The van der Waals surface area contributed by atoms with Gasteiger partial charge in [0.25, 0.3) is 5.91 Å². The first-order chi connectivity index (χ1) is 12.6. The second kappa shape index (κ2) is 8.37. The fourth-order valence-electron chi connectivity index (χ4n) is 2.36. The SMILES string of the molecule is CCn1nc(Br)nc1Sc1ccccc1NC(=O)c1ccccc1OC. The number of methoxy groups -OCH3 is 1. The van der Waals surface area contributed by atoms with Gasteiger partial charge in [0, 0.05) is 11.4 Å². The second-order valence-electron chi connectivity index (χ2n) is 5.23. The number of hydrogen-bond donors (Lipinski definition) is 1. The van der Waals surface area contributed by atoms with E-state index in [1.807, 2.05) is 37.3 Å². The molecule has 1 amide bonds. The molecule has 0 bridgehead atoms. The maximum Gasteiger partial charge on any atom is 0.259 e. The summed E-state index contributed by atoms with van der Waals surface area (Å²) in [6.07, 6.45) is 0. The summed E-state index contributed by atoms with van der Waals surface area (Å²) in [6, 6.07) is 14.7. The Bertz CT molecular complexity index is 929. The average Bonchev–Trinajstić information content (AvgIpc) is 3.02. The smallest absolute Gasteiger partial charge is 0.259 e. The number of amides is 1. The summed E-state index contributed by atoms with van der Waals surface area (Å²) in [7, 11) is 1.55. The summed E-state index contributed by atoms with van der Waals surface area (Å²) >= 11 is 4.75. The molecule has 1 N–H and O–H groups in total. The van der Waals surface area contributed by atoms with E-state index in [-0.39, 0.29) is 5.91 Å². The molecule has 1 aromatic heterocycles. The van der Waals surface area contributed by atoms with Gasteiger partial charge in [0.1, 0.15) is 5.75 Å². The van der Waals surface area contributed by atoms with Crippen LogP contribution in [0.5, 0.6) is 5.75 Å². The van der Waals surface area contributed by atoms with Crippen molar-refractivity contribution in [3.05, 3.63) is 58.8 Å². The molecule has 3 aromatic rings. The fourth-order valence-corrected chi connectivity index (χ4v) is 3.82. The van der Waals surface area contributed by atoms with E-state index in [1.165, 1.54) is 11.8 Å². The maximum absolute atomic E-state index is 12.7. The minimum absolute atomic E-state index is 0.228. The Balaban J connectivity index is 1.86. The zero-order chi connectivity index (χ0) is 18.5. The zero-order valence-corrected chi connectivity index (χ0v) is 16.7. The fraction of sp³-hybridized carbons (Fsp3) is 0.167. The highest BCUT2D eigenvalue weighted by atomic mass is 79.9. The van der Waals surface area contributed by atoms with Crippen molar-refractivity contribution < 1.29 is 9.53 Å². The summed E-state index contributed by atoms with van der Waals surface area (Å²) in [5, 5.41) is 7.99. The van der Waals surface area contributed by atoms with Crippen LogP contribution in [0.4, 0.5) is 5.69 Å². The lowest BCUT2D eigenvalue weighted by molar-refractivity contribution is 0.102. The molecule has 0 radical (unpaired) electrons. The molecule has 0 fully saturated rings. The predicted octanol–water partition coefficient (Wildman–Crippen LogP) is 4.47. The molecule has 0 aliphatic heterocycles. The molecule has 2 aromatic carbocycles. The zero-order valence-electron chi connectivity index (χ0n) is 14.3. The number of benzene rings is 2. The summed E-state index contributed by atoms with van der Waals surface area (Å²) < 4.78 is 7.61. The van der Waals surface area contributed by atoms with Gasteiger partial charge in [-0.25, -0.2) is 4.68 Å². The number of ether oxygens (including phenoxy) is 1. The average molecular weight is 433 g/mol. The number of anilines is 1. The van der Waals surface area contributed by atoms with Crippen molar-refractivity contribution in [3.63, 3.8) is 0 Å². The third-order valence-electron chi connectivity index (χ3n) is 3.60. The Kier molecular flexibility index (Phi) is 5.95. The topological polar surface area (TPSA) is 69.0 Å². The van der Waals surface area contributed by atoms with Gasteiger partial charge in [-0.1, -0.05) is 24.3 Å². The Morgan fingerprint density at radius 1 is 1.23 bits per heavy atom. The van der Waals surface area contributed by atoms with Gasteiger partial charge in [-0.2, -0.15) is 4.98 Å². The monoisotopic (exact) mass is 432 g/mol. The van der Waals surface area contributed by atoms with E-state index in [2.05, 4.69) is 31.3 Å². The number of halogens is 1. The predicted molar refractivity (Wildman–Crippen MR) is 105 cm³/mol. The van der Waals surface area contributed by atoms with E-state index in [9.17, 15) is 4.79 Å². The molecule has 6 nitrogen and oxygen atoms in total. The first-order valence-electron chi connectivity index (χ1n) is 7.94. The van der Waals surface area contributed by atoms with Crippen LogP contribution in [0.3, 0.4) is 0 Å². The number of aryl methyl sites for hydroxylation is 1. The molecule has 134 valence electrons.